The number of carbonyl (C=O) groups is 3. The lowest BCUT2D eigenvalue weighted by atomic mass is 9.84. The van der Waals surface area contributed by atoms with Gasteiger partial charge in [-0.25, -0.2) is 0 Å². The van der Waals surface area contributed by atoms with Crippen molar-refractivity contribution in [2.24, 2.45) is 11.3 Å². The van der Waals surface area contributed by atoms with E-state index in [-0.39, 0.29) is 37.1 Å². The van der Waals surface area contributed by atoms with E-state index in [0.717, 1.165) is 42.3 Å². The fourth-order valence-corrected chi connectivity index (χ4v) is 6.61. The smallest absolute Gasteiger partial charge is 0.308 e. The Hall–Kier alpha value is -2.85. The van der Waals surface area contributed by atoms with Gasteiger partial charge in [0.05, 0.1) is 40.2 Å². The second kappa shape index (κ2) is 13.2. The molecule has 1 unspecified atom stereocenters. The number of carboxylic acid groups (broad SMARTS) is 1. The van der Waals surface area contributed by atoms with Gasteiger partial charge in [-0.2, -0.15) is 0 Å². The van der Waals surface area contributed by atoms with Crippen LogP contribution in [-0.2, 0) is 14.4 Å². The number of fused-ring (bicyclic) bond motifs is 1. The maximum absolute atomic E-state index is 13.8. The molecule has 2 amide bonds. The third-order valence-electron chi connectivity index (χ3n) is 9.16. The molecule has 0 spiro atoms. The van der Waals surface area contributed by atoms with Crippen LogP contribution in [-0.4, -0.2) is 122 Å². The number of likely N-dealkylation sites (tertiary alicyclic amines) is 2. The normalized spacial score (nSPS) is 23.5. The van der Waals surface area contributed by atoms with E-state index in [4.69, 9.17) is 9.47 Å². The van der Waals surface area contributed by atoms with Crippen molar-refractivity contribution in [2.75, 3.05) is 73.7 Å². The summed E-state index contributed by atoms with van der Waals surface area (Å²) >= 11 is 0. The molecule has 2 saturated heterocycles. The highest BCUT2D eigenvalue weighted by molar-refractivity contribution is 5.84. The third-order valence-corrected chi connectivity index (χ3v) is 9.16. The van der Waals surface area contributed by atoms with Crippen LogP contribution in [0.4, 0.5) is 0 Å². The Morgan fingerprint density at radius 2 is 1.83 bits per heavy atom. The molecule has 0 aromatic heterocycles. The first-order valence-corrected chi connectivity index (χ1v) is 15.5. The van der Waals surface area contributed by atoms with Gasteiger partial charge >= 0.3 is 5.97 Å². The van der Waals surface area contributed by atoms with Crippen LogP contribution in [0.15, 0.2) is 18.2 Å². The molecule has 0 aliphatic carbocycles. The van der Waals surface area contributed by atoms with Crippen LogP contribution in [0.25, 0.3) is 0 Å². The van der Waals surface area contributed by atoms with Gasteiger partial charge in [-0.15, -0.1) is 0 Å². The minimum atomic E-state index is -0.878. The zero-order chi connectivity index (χ0) is 30.7. The lowest BCUT2D eigenvalue weighted by molar-refractivity contribution is -0.870. The number of nitrogens with zero attached hydrogens (tertiary/aromatic N) is 4. The summed E-state index contributed by atoms with van der Waals surface area (Å²) in [5.41, 5.74) is 0.480. The first-order chi connectivity index (χ1) is 19.8. The summed E-state index contributed by atoms with van der Waals surface area (Å²) in [7, 11) is 6.46. The Morgan fingerprint density at radius 3 is 2.48 bits per heavy atom. The summed E-state index contributed by atoms with van der Waals surface area (Å²) in [5.74, 6) is -0.474. The first kappa shape index (κ1) is 32.1. The quantitative estimate of drug-likeness (QED) is 0.334. The van der Waals surface area contributed by atoms with Gasteiger partial charge in [0.25, 0.3) is 0 Å². The van der Waals surface area contributed by atoms with Gasteiger partial charge < -0.3 is 28.9 Å². The minimum Gasteiger partial charge on any atom is -0.481 e. The number of ether oxygens (including phenoxy) is 2. The van der Waals surface area contributed by atoms with Gasteiger partial charge in [-0.1, -0.05) is 33.3 Å². The molecule has 10 heteroatoms. The molecule has 0 radical (unpaired) electrons. The number of benzene rings is 1. The summed E-state index contributed by atoms with van der Waals surface area (Å²) in [6.07, 6.45) is 4.14. The highest BCUT2D eigenvalue weighted by Crippen LogP contribution is 2.43. The van der Waals surface area contributed by atoms with Crippen molar-refractivity contribution in [3.8, 4) is 11.5 Å². The molecule has 234 valence electrons. The third kappa shape index (κ3) is 7.56. The molecule has 42 heavy (non-hydrogen) atoms. The Labute approximate surface area is 251 Å². The topological polar surface area (TPSA) is 99.6 Å². The highest BCUT2D eigenvalue weighted by Gasteiger charge is 2.48. The Bertz CT molecular complexity index is 1130. The summed E-state index contributed by atoms with van der Waals surface area (Å²) < 4.78 is 11.9. The van der Waals surface area contributed by atoms with Crippen LogP contribution in [0.3, 0.4) is 0 Å². The summed E-state index contributed by atoms with van der Waals surface area (Å²) in [6.45, 7) is 10.4. The largest absolute Gasteiger partial charge is 0.481 e. The molecule has 3 aliphatic rings. The first-order valence-electron chi connectivity index (χ1n) is 15.5. The number of quaternary nitrogens is 1. The van der Waals surface area contributed by atoms with Crippen molar-refractivity contribution < 1.29 is 33.4 Å². The van der Waals surface area contributed by atoms with Gasteiger partial charge in [0.15, 0.2) is 11.5 Å². The predicted molar refractivity (Wildman–Crippen MR) is 160 cm³/mol. The molecule has 0 saturated carbocycles. The fraction of sp³-hybridized carbons (Fsp3) is 0.719. The highest BCUT2D eigenvalue weighted by atomic mass is 16.7. The zero-order valence-electron chi connectivity index (χ0n) is 26.4. The molecule has 3 atom stereocenters. The molecule has 1 aromatic carbocycles. The van der Waals surface area contributed by atoms with Crippen LogP contribution < -0.4 is 9.47 Å². The number of amides is 2. The van der Waals surface area contributed by atoms with E-state index >= 15 is 0 Å². The summed E-state index contributed by atoms with van der Waals surface area (Å²) in [4.78, 5) is 45.6. The maximum atomic E-state index is 13.8. The van der Waals surface area contributed by atoms with Crippen LogP contribution in [0, 0.1) is 11.3 Å². The van der Waals surface area contributed by atoms with E-state index in [9.17, 15) is 19.5 Å². The van der Waals surface area contributed by atoms with Crippen molar-refractivity contribution >= 4 is 17.8 Å². The van der Waals surface area contributed by atoms with Gasteiger partial charge in [0.1, 0.15) is 0 Å². The minimum absolute atomic E-state index is 0.0451. The van der Waals surface area contributed by atoms with E-state index in [1.54, 1.807) is 0 Å². The van der Waals surface area contributed by atoms with Gasteiger partial charge in [0.2, 0.25) is 18.6 Å². The van der Waals surface area contributed by atoms with E-state index in [1.165, 1.54) is 0 Å². The summed E-state index contributed by atoms with van der Waals surface area (Å²) in [6, 6.07) is 5.26. The molecule has 3 heterocycles. The Kier molecular flexibility index (Phi) is 10.1. The molecule has 2 fully saturated rings. The van der Waals surface area contributed by atoms with Crippen LogP contribution in [0.5, 0.6) is 11.5 Å². The maximum Gasteiger partial charge on any atom is 0.308 e. The van der Waals surface area contributed by atoms with Gasteiger partial charge in [0, 0.05) is 56.5 Å². The SMILES string of the molecule is CCCCN(CCC[N+](C)(C)C)C(=O)CN1C[C@H](c2ccc3c(c2)OCO3)C(C(=O)O)[C@@H]1CCN1CCC(C)(C)C1=O. The Morgan fingerprint density at radius 1 is 1.12 bits per heavy atom. The van der Waals surface area contributed by atoms with Crippen molar-refractivity contribution in [3.63, 3.8) is 0 Å². The number of hydrogen-bond acceptors (Lipinski definition) is 6. The van der Waals surface area contributed by atoms with E-state index in [2.05, 4.69) is 33.0 Å². The lowest BCUT2D eigenvalue weighted by Gasteiger charge is -2.31. The van der Waals surface area contributed by atoms with Crippen molar-refractivity contribution in [3.05, 3.63) is 23.8 Å². The number of rotatable bonds is 14. The number of carbonyl (C=O) groups excluding carboxylic acids is 2. The number of unbranched alkanes of at least 4 members (excludes halogenated alkanes) is 1. The molecule has 3 aliphatic heterocycles. The van der Waals surface area contributed by atoms with Crippen molar-refractivity contribution in [2.45, 2.75) is 64.8 Å². The van der Waals surface area contributed by atoms with Crippen LogP contribution in [0.2, 0.25) is 0 Å². The van der Waals surface area contributed by atoms with Crippen molar-refractivity contribution in [1.29, 1.82) is 0 Å². The fourth-order valence-electron chi connectivity index (χ4n) is 6.61. The lowest BCUT2D eigenvalue weighted by Crippen LogP contribution is -2.46. The molecular weight excluding hydrogens is 536 g/mol. The van der Waals surface area contributed by atoms with Crippen LogP contribution in [0.1, 0.15) is 64.4 Å². The second-order valence-electron chi connectivity index (χ2n) is 13.9. The number of carboxylic acids is 1. The van der Waals surface area contributed by atoms with Crippen LogP contribution >= 0.6 is 0 Å². The van der Waals surface area contributed by atoms with E-state index in [0.29, 0.717) is 50.6 Å². The predicted octanol–water partition coefficient (Wildman–Crippen LogP) is 3.26. The summed E-state index contributed by atoms with van der Waals surface area (Å²) in [5, 5.41) is 10.5. The standard InChI is InChI=1S/C32H50N4O6/c1-7-8-14-33(15-9-18-36(4,5)6)28(37)21-35-20-24(23-10-11-26-27(19-23)42-22-41-26)29(30(38)39)25(35)12-16-34-17-13-32(2,3)31(34)40/h10-11,19,24-25,29H,7-9,12-18,20-22H2,1-6H3/p+1/t24-,25+,29?/m1/s1. The molecule has 1 N–H and O–H groups in total. The monoisotopic (exact) mass is 587 g/mol. The van der Waals surface area contributed by atoms with E-state index in [1.807, 2.05) is 41.8 Å². The van der Waals surface area contributed by atoms with Gasteiger partial charge in [-0.05, 0) is 37.0 Å². The average Bonchev–Trinajstić information content (AvgIpc) is 3.60. The van der Waals surface area contributed by atoms with Crippen molar-refractivity contribution in [1.82, 2.24) is 14.7 Å². The Balaban J connectivity index is 1.56. The number of hydrogen-bond donors (Lipinski definition) is 1. The van der Waals surface area contributed by atoms with E-state index < -0.39 is 17.3 Å². The molecule has 4 rings (SSSR count). The molecule has 10 nitrogen and oxygen atoms in total. The van der Waals surface area contributed by atoms with Gasteiger partial charge in [-0.3, -0.25) is 19.3 Å². The molecule has 1 aromatic rings. The molecule has 0 bridgehead atoms. The number of aliphatic carboxylic acids is 1. The molecular formula is C32H51N4O6+. The zero-order valence-corrected chi connectivity index (χ0v) is 26.4. The average molecular weight is 588 g/mol. The second-order valence-corrected chi connectivity index (χ2v) is 13.9.